The summed E-state index contributed by atoms with van der Waals surface area (Å²) >= 11 is 0. The van der Waals surface area contributed by atoms with Crippen LogP contribution in [-0.2, 0) is 4.79 Å². The van der Waals surface area contributed by atoms with Crippen molar-refractivity contribution in [2.24, 2.45) is 0 Å². The smallest absolute Gasteiger partial charge is 0.326 e. The molecule has 1 aliphatic carbocycles. The molecule has 1 aliphatic rings. The van der Waals surface area contributed by atoms with Gasteiger partial charge in [-0.05, 0) is 31.9 Å². The van der Waals surface area contributed by atoms with Crippen LogP contribution in [0.25, 0.3) is 5.69 Å². The Morgan fingerprint density at radius 3 is 2.59 bits per heavy atom. The van der Waals surface area contributed by atoms with E-state index in [9.17, 15) is 14.7 Å². The number of nitrogens with zero attached hydrogens (tertiary/aromatic N) is 3. The van der Waals surface area contributed by atoms with Crippen molar-refractivity contribution in [3.63, 3.8) is 0 Å². The highest BCUT2D eigenvalue weighted by Gasteiger charge is 2.39. The molecule has 1 N–H and O–H groups in total. The average Bonchev–Trinajstić information content (AvgIpc) is 3.23. The van der Waals surface area contributed by atoms with E-state index in [1.54, 1.807) is 17.8 Å². The fourth-order valence-corrected chi connectivity index (χ4v) is 2.43. The van der Waals surface area contributed by atoms with Crippen LogP contribution in [0.5, 0.6) is 0 Å². The summed E-state index contributed by atoms with van der Waals surface area (Å²) in [6, 6.07) is 8.66. The number of benzene rings is 1. The fourth-order valence-electron chi connectivity index (χ4n) is 2.43. The lowest BCUT2D eigenvalue weighted by Gasteiger charge is -2.25. The third-order valence-corrected chi connectivity index (χ3v) is 3.80. The van der Waals surface area contributed by atoms with Gasteiger partial charge in [-0.2, -0.15) is 5.10 Å². The Hall–Kier alpha value is -2.63. The minimum atomic E-state index is -0.990. The van der Waals surface area contributed by atoms with E-state index < -0.39 is 12.0 Å². The lowest BCUT2D eigenvalue weighted by molar-refractivity contribution is -0.141. The van der Waals surface area contributed by atoms with E-state index in [1.807, 2.05) is 30.3 Å². The Morgan fingerprint density at radius 2 is 2.00 bits per heavy atom. The number of carboxylic acids is 1. The summed E-state index contributed by atoms with van der Waals surface area (Å²) in [6.07, 6.45) is 4.84. The van der Waals surface area contributed by atoms with Crippen molar-refractivity contribution >= 4 is 11.9 Å². The molecule has 0 aliphatic heterocycles. The van der Waals surface area contributed by atoms with Crippen molar-refractivity contribution < 1.29 is 14.7 Å². The third-order valence-electron chi connectivity index (χ3n) is 3.80. The third kappa shape index (κ3) is 2.72. The topological polar surface area (TPSA) is 75.4 Å². The molecule has 2 aromatic rings. The number of hydrogen-bond donors (Lipinski definition) is 1. The largest absolute Gasteiger partial charge is 0.480 e. The number of aromatic nitrogens is 2. The van der Waals surface area contributed by atoms with Gasteiger partial charge in [-0.3, -0.25) is 4.79 Å². The number of para-hydroxylation sites is 1. The highest BCUT2D eigenvalue weighted by molar-refractivity contribution is 5.96. The quantitative estimate of drug-likeness (QED) is 0.915. The number of carbonyl (C=O) groups is 2. The number of amides is 1. The monoisotopic (exact) mass is 299 g/mol. The maximum atomic E-state index is 12.6. The molecule has 1 unspecified atom stereocenters. The Bertz CT molecular complexity index is 692. The Kier molecular flexibility index (Phi) is 3.66. The molecule has 3 rings (SSSR count). The van der Waals surface area contributed by atoms with Crippen molar-refractivity contribution in [1.29, 1.82) is 0 Å². The summed E-state index contributed by atoms with van der Waals surface area (Å²) in [5.74, 6) is -1.27. The van der Waals surface area contributed by atoms with Crippen molar-refractivity contribution in [3.05, 3.63) is 48.3 Å². The molecule has 22 heavy (non-hydrogen) atoms. The molecule has 1 amide bonds. The number of aliphatic carboxylic acids is 1. The number of rotatable bonds is 5. The molecular weight excluding hydrogens is 282 g/mol. The van der Waals surface area contributed by atoms with E-state index >= 15 is 0 Å². The average molecular weight is 299 g/mol. The highest BCUT2D eigenvalue weighted by atomic mass is 16.4. The second kappa shape index (κ2) is 5.63. The lowest BCUT2D eigenvalue weighted by Crippen LogP contribution is -2.44. The first-order valence-corrected chi connectivity index (χ1v) is 7.23. The Labute approximate surface area is 128 Å². The number of hydrogen-bond acceptors (Lipinski definition) is 3. The van der Waals surface area contributed by atoms with Crippen LogP contribution in [0.3, 0.4) is 0 Å². The summed E-state index contributed by atoms with van der Waals surface area (Å²) < 4.78 is 1.61. The van der Waals surface area contributed by atoms with E-state index in [-0.39, 0.29) is 11.9 Å². The predicted octanol–water partition coefficient (Wildman–Crippen LogP) is 1.95. The zero-order valence-electron chi connectivity index (χ0n) is 12.2. The van der Waals surface area contributed by atoms with Crippen LogP contribution in [0.1, 0.15) is 30.1 Å². The van der Waals surface area contributed by atoms with E-state index in [1.165, 1.54) is 11.1 Å². The van der Waals surface area contributed by atoms with Gasteiger partial charge in [0.2, 0.25) is 0 Å². The van der Waals surface area contributed by atoms with Crippen molar-refractivity contribution in [1.82, 2.24) is 14.7 Å². The molecule has 1 saturated carbocycles. The van der Waals surface area contributed by atoms with E-state index in [0.717, 1.165) is 18.5 Å². The van der Waals surface area contributed by atoms with Gasteiger partial charge < -0.3 is 10.0 Å². The van der Waals surface area contributed by atoms with Gasteiger partial charge in [-0.15, -0.1) is 0 Å². The summed E-state index contributed by atoms with van der Waals surface area (Å²) in [7, 11) is 0. The van der Waals surface area contributed by atoms with Gasteiger partial charge in [0.15, 0.2) is 0 Å². The second-order valence-corrected chi connectivity index (χ2v) is 5.47. The van der Waals surface area contributed by atoms with Gasteiger partial charge >= 0.3 is 5.97 Å². The SMILES string of the molecule is CC(C(=O)O)N(C(=O)c1cnn(-c2ccccc2)c1)C1CC1. The van der Waals surface area contributed by atoms with Crippen molar-refractivity contribution in [2.75, 3.05) is 0 Å². The molecule has 0 bridgehead atoms. The van der Waals surface area contributed by atoms with Gasteiger partial charge in [0.1, 0.15) is 6.04 Å². The molecule has 1 aromatic heterocycles. The van der Waals surface area contributed by atoms with E-state index in [0.29, 0.717) is 5.56 Å². The minimum Gasteiger partial charge on any atom is -0.480 e. The Balaban J connectivity index is 1.85. The van der Waals surface area contributed by atoms with Crippen LogP contribution < -0.4 is 0 Å². The van der Waals surface area contributed by atoms with Crippen LogP contribution >= 0.6 is 0 Å². The lowest BCUT2D eigenvalue weighted by atomic mass is 10.2. The van der Waals surface area contributed by atoms with Gasteiger partial charge in [-0.25, -0.2) is 9.48 Å². The summed E-state index contributed by atoms with van der Waals surface area (Å²) in [6.45, 7) is 1.54. The standard InChI is InChI=1S/C16H17N3O3/c1-11(16(21)22)19(14-7-8-14)15(20)12-9-17-18(10-12)13-5-3-2-4-6-13/h2-6,9-11,14H,7-8H2,1H3,(H,21,22). The first-order valence-electron chi connectivity index (χ1n) is 7.23. The molecule has 1 fully saturated rings. The predicted molar refractivity (Wildman–Crippen MR) is 79.9 cm³/mol. The van der Waals surface area contributed by atoms with Crippen molar-refractivity contribution in [3.8, 4) is 5.69 Å². The minimum absolute atomic E-state index is 0.0266. The molecule has 6 nitrogen and oxygen atoms in total. The first-order chi connectivity index (χ1) is 10.6. The molecule has 114 valence electrons. The molecule has 1 heterocycles. The van der Waals surface area contributed by atoms with Crippen LogP contribution in [0, 0.1) is 0 Å². The first kappa shape index (κ1) is 14.3. The summed E-state index contributed by atoms with van der Waals surface area (Å²) in [5, 5.41) is 13.4. The molecule has 0 spiro atoms. The fraction of sp³-hybridized carbons (Fsp3) is 0.312. The summed E-state index contributed by atoms with van der Waals surface area (Å²) in [5.41, 5.74) is 1.26. The van der Waals surface area contributed by atoms with Crippen LogP contribution in [-0.4, -0.2) is 43.7 Å². The molecule has 0 saturated heterocycles. The maximum absolute atomic E-state index is 12.6. The van der Waals surface area contributed by atoms with Crippen LogP contribution in [0.2, 0.25) is 0 Å². The molecule has 6 heteroatoms. The van der Waals surface area contributed by atoms with Crippen LogP contribution in [0.4, 0.5) is 0 Å². The van der Waals surface area contributed by atoms with E-state index in [4.69, 9.17) is 0 Å². The normalized spacial score (nSPS) is 15.3. The van der Waals surface area contributed by atoms with Gasteiger partial charge in [0.05, 0.1) is 17.4 Å². The summed E-state index contributed by atoms with van der Waals surface area (Å²) in [4.78, 5) is 25.3. The Morgan fingerprint density at radius 1 is 1.32 bits per heavy atom. The van der Waals surface area contributed by atoms with Gasteiger partial charge in [0.25, 0.3) is 5.91 Å². The molecule has 0 radical (unpaired) electrons. The number of carboxylic acid groups (broad SMARTS) is 1. The molecule has 1 atom stereocenters. The highest BCUT2D eigenvalue weighted by Crippen LogP contribution is 2.30. The number of carbonyl (C=O) groups excluding carboxylic acids is 1. The van der Waals surface area contributed by atoms with E-state index in [2.05, 4.69) is 5.10 Å². The molecular formula is C16H17N3O3. The molecule has 1 aromatic carbocycles. The van der Waals surface area contributed by atoms with Crippen molar-refractivity contribution in [2.45, 2.75) is 31.8 Å². The zero-order chi connectivity index (χ0) is 15.7. The van der Waals surface area contributed by atoms with Gasteiger partial charge in [-0.1, -0.05) is 18.2 Å². The second-order valence-electron chi connectivity index (χ2n) is 5.47. The zero-order valence-corrected chi connectivity index (χ0v) is 12.2. The van der Waals surface area contributed by atoms with Crippen LogP contribution in [0.15, 0.2) is 42.7 Å². The maximum Gasteiger partial charge on any atom is 0.326 e. The van der Waals surface area contributed by atoms with Gasteiger partial charge in [0, 0.05) is 12.2 Å².